The second-order valence-corrected chi connectivity index (χ2v) is 5.10. The predicted molar refractivity (Wildman–Crippen MR) is 73.1 cm³/mol. The first-order chi connectivity index (χ1) is 8.13. The van der Waals surface area contributed by atoms with E-state index in [1.807, 2.05) is 31.3 Å². The van der Waals surface area contributed by atoms with Crippen LogP contribution in [-0.4, -0.2) is 43.9 Å². The zero-order valence-corrected chi connectivity index (χ0v) is 12.0. The Bertz CT molecular complexity index is 333. The fourth-order valence-electron chi connectivity index (χ4n) is 1.68. The second-order valence-electron chi connectivity index (χ2n) is 4.18. The molecule has 0 saturated heterocycles. The van der Waals surface area contributed by atoms with Gasteiger partial charge in [-0.1, -0.05) is 28.1 Å². The molecule has 0 fully saturated rings. The highest BCUT2D eigenvalue weighted by molar-refractivity contribution is 9.10. The number of benzene rings is 1. The van der Waals surface area contributed by atoms with Gasteiger partial charge in [-0.3, -0.25) is 0 Å². The lowest BCUT2D eigenvalue weighted by Crippen LogP contribution is -2.26. The summed E-state index contributed by atoms with van der Waals surface area (Å²) in [5, 5.41) is 10.1. The summed E-state index contributed by atoms with van der Waals surface area (Å²) < 4.78 is 6.00. The summed E-state index contributed by atoms with van der Waals surface area (Å²) in [6.07, 6.45) is 0.540. The van der Waals surface area contributed by atoms with Crippen molar-refractivity contribution in [2.24, 2.45) is 0 Å². The first-order valence-electron chi connectivity index (χ1n) is 5.74. The van der Waals surface area contributed by atoms with Crippen molar-refractivity contribution >= 4 is 15.9 Å². The van der Waals surface area contributed by atoms with Crippen molar-refractivity contribution in [2.45, 2.75) is 12.5 Å². The average molecular weight is 302 g/mol. The van der Waals surface area contributed by atoms with E-state index in [4.69, 9.17) is 4.74 Å². The lowest BCUT2D eigenvalue weighted by atomic mass is 10.1. The van der Waals surface area contributed by atoms with Gasteiger partial charge < -0.3 is 14.7 Å². The molecule has 17 heavy (non-hydrogen) atoms. The summed E-state index contributed by atoms with van der Waals surface area (Å²) in [5.41, 5.74) is 0.943. The van der Waals surface area contributed by atoms with Gasteiger partial charge in [0.05, 0.1) is 6.10 Å². The van der Waals surface area contributed by atoms with Gasteiger partial charge in [-0.25, -0.2) is 0 Å². The van der Waals surface area contributed by atoms with Crippen LogP contribution in [0.5, 0.6) is 0 Å². The third-order valence-electron chi connectivity index (χ3n) is 2.61. The lowest BCUT2D eigenvalue weighted by molar-refractivity contribution is 0.117. The van der Waals surface area contributed by atoms with E-state index in [2.05, 4.69) is 20.8 Å². The number of aliphatic hydroxyl groups excluding tert-OH is 1. The number of halogens is 1. The topological polar surface area (TPSA) is 32.7 Å². The molecule has 0 aliphatic rings. The molecule has 0 heterocycles. The molecular formula is C13H20BrNO2. The van der Waals surface area contributed by atoms with Gasteiger partial charge in [0.25, 0.3) is 0 Å². The van der Waals surface area contributed by atoms with E-state index in [0.717, 1.165) is 29.6 Å². The van der Waals surface area contributed by atoms with Gasteiger partial charge in [0.15, 0.2) is 0 Å². The van der Waals surface area contributed by atoms with Crippen LogP contribution in [0.4, 0.5) is 0 Å². The third-order valence-corrected chi connectivity index (χ3v) is 3.10. The minimum Gasteiger partial charge on any atom is -0.387 e. The molecule has 1 N–H and O–H groups in total. The Kier molecular flexibility index (Phi) is 6.73. The van der Waals surface area contributed by atoms with E-state index in [0.29, 0.717) is 6.54 Å². The van der Waals surface area contributed by atoms with Crippen LogP contribution < -0.4 is 0 Å². The van der Waals surface area contributed by atoms with E-state index >= 15 is 0 Å². The molecule has 0 aromatic heterocycles. The van der Waals surface area contributed by atoms with Crippen molar-refractivity contribution in [3.63, 3.8) is 0 Å². The Morgan fingerprint density at radius 2 is 2.24 bits per heavy atom. The number of hydrogen-bond donors (Lipinski definition) is 1. The predicted octanol–water partition coefficient (Wildman–Crippen LogP) is 2.45. The maximum absolute atomic E-state index is 10.1. The summed E-state index contributed by atoms with van der Waals surface area (Å²) in [5.74, 6) is 0. The highest BCUT2D eigenvalue weighted by Gasteiger charge is 2.10. The Morgan fingerprint density at radius 1 is 1.47 bits per heavy atom. The van der Waals surface area contributed by atoms with Crippen LogP contribution in [0.2, 0.25) is 0 Å². The van der Waals surface area contributed by atoms with E-state index < -0.39 is 6.10 Å². The van der Waals surface area contributed by atoms with Gasteiger partial charge in [-0.2, -0.15) is 0 Å². The van der Waals surface area contributed by atoms with Crippen molar-refractivity contribution in [1.29, 1.82) is 0 Å². The van der Waals surface area contributed by atoms with Gasteiger partial charge in [-0.05, 0) is 31.2 Å². The average Bonchev–Trinajstić information content (AvgIpc) is 2.29. The molecule has 1 aromatic carbocycles. The molecule has 3 nitrogen and oxygen atoms in total. The van der Waals surface area contributed by atoms with Crippen LogP contribution in [0.25, 0.3) is 0 Å². The largest absolute Gasteiger partial charge is 0.387 e. The van der Waals surface area contributed by atoms with Gasteiger partial charge in [0.2, 0.25) is 0 Å². The van der Waals surface area contributed by atoms with Crippen LogP contribution in [0.3, 0.4) is 0 Å². The number of hydrogen-bond acceptors (Lipinski definition) is 3. The quantitative estimate of drug-likeness (QED) is 0.785. The molecule has 96 valence electrons. The monoisotopic (exact) mass is 301 g/mol. The molecule has 0 saturated carbocycles. The Hall–Kier alpha value is -0.420. The summed E-state index contributed by atoms with van der Waals surface area (Å²) in [6, 6.07) is 7.79. The van der Waals surface area contributed by atoms with Crippen LogP contribution in [0.1, 0.15) is 18.1 Å². The molecule has 0 spiro atoms. The highest BCUT2D eigenvalue weighted by atomic mass is 79.9. The van der Waals surface area contributed by atoms with Gasteiger partial charge in [0.1, 0.15) is 0 Å². The van der Waals surface area contributed by atoms with E-state index in [-0.39, 0.29) is 0 Å². The molecule has 1 rings (SSSR count). The molecule has 1 atom stereocenters. The lowest BCUT2D eigenvalue weighted by Gasteiger charge is -2.20. The number of nitrogens with zero attached hydrogens (tertiary/aromatic N) is 1. The minimum absolute atomic E-state index is 0.444. The molecule has 0 aliphatic carbocycles. The van der Waals surface area contributed by atoms with Crippen LogP contribution >= 0.6 is 15.9 Å². The Morgan fingerprint density at radius 3 is 2.88 bits per heavy atom. The van der Waals surface area contributed by atoms with E-state index in [9.17, 15) is 5.11 Å². The first kappa shape index (κ1) is 14.6. The summed E-state index contributed by atoms with van der Waals surface area (Å²) in [4.78, 5) is 2.12. The number of likely N-dealkylation sites (N-methyl/N-ethyl adjacent to an activating group) is 1. The standard InChI is InChI=1S/C13H20BrNO2/c1-15(7-4-8-17-2)10-13(16)11-5-3-6-12(14)9-11/h3,5-6,9,13,16H,4,7-8,10H2,1-2H3. The smallest absolute Gasteiger partial charge is 0.0917 e. The van der Waals surface area contributed by atoms with Crippen molar-refractivity contribution < 1.29 is 9.84 Å². The second kappa shape index (κ2) is 7.82. The van der Waals surface area contributed by atoms with E-state index in [1.54, 1.807) is 7.11 Å². The number of ether oxygens (including phenoxy) is 1. The molecular weight excluding hydrogens is 282 g/mol. The van der Waals surface area contributed by atoms with Crippen molar-refractivity contribution in [3.05, 3.63) is 34.3 Å². The minimum atomic E-state index is -0.444. The van der Waals surface area contributed by atoms with Crippen molar-refractivity contribution in [2.75, 3.05) is 33.9 Å². The fourth-order valence-corrected chi connectivity index (χ4v) is 2.10. The molecule has 0 amide bonds. The fraction of sp³-hybridized carbons (Fsp3) is 0.538. The van der Waals surface area contributed by atoms with Crippen LogP contribution in [-0.2, 0) is 4.74 Å². The van der Waals surface area contributed by atoms with E-state index in [1.165, 1.54) is 0 Å². The third kappa shape index (κ3) is 5.64. The number of rotatable bonds is 7. The van der Waals surface area contributed by atoms with Crippen molar-refractivity contribution in [3.8, 4) is 0 Å². The summed E-state index contributed by atoms with van der Waals surface area (Å²) in [6.45, 7) is 2.33. The van der Waals surface area contributed by atoms with Gasteiger partial charge in [0, 0.05) is 31.3 Å². The first-order valence-corrected chi connectivity index (χ1v) is 6.54. The maximum atomic E-state index is 10.1. The van der Waals surface area contributed by atoms with Gasteiger partial charge in [-0.15, -0.1) is 0 Å². The molecule has 1 aromatic rings. The number of aliphatic hydroxyl groups is 1. The molecule has 4 heteroatoms. The Labute approximate surface area is 112 Å². The van der Waals surface area contributed by atoms with Crippen LogP contribution in [0.15, 0.2) is 28.7 Å². The molecule has 0 bridgehead atoms. The van der Waals surface area contributed by atoms with Crippen LogP contribution in [0, 0.1) is 0 Å². The zero-order chi connectivity index (χ0) is 12.7. The Balaban J connectivity index is 2.40. The summed E-state index contributed by atoms with van der Waals surface area (Å²) >= 11 is 3.41. The maximum Gasteiger partial charge on any atom is 0.0917 e. The number of methoxy groups -OCH3 is 1. The SMILES string of the molecule is COCCCN(C)CC(O)c1cccc(Br)c1. The normalized spacial score (nSPS) is 13.0. The van der Waals surface area contributed by atoms with Crippen molar-refractivity contribution in [1.82, 2.24) is 4.90 Å². The molecule has 0 aliphatic heterocycles. The highest BCUT2D eigenvalue weighted by Crippen LogP contribution is 2.18. The van der Waals surface area contributed by atoms with Gasteiger partial charge >= 0.3 is 0 Å². The molecule has 0 radical (unpaired) electrons. The summed E-state index contributed by atoms with van der Waals surface area (Å²) in [7, 11) is 3.72. The zero-order valence-electron chi connectivity index (χ0n) is 10.4. The molecule has 1 unspecified atom stereocenters.